The monoisotopic (exact) mass is 400 g/mol. The third-order valence-corrected chi connectivity index (χ3v) is 5.87. The fraction of sp³-hybridized carbons (Fsp3) is 0.250. The zero-order valence-corrected chi connectivity index (χ0v) is 17.2. The zero-order chi connectivity index (χ0) is 20.7. The lowest BCUT2D eigenvalue weighted by Gasteiger charge is -2.27. The SMILES string of the molecule is COc1ccc2c(c1)c(CN1CCc3nc(-c4ccccc4)[nH]c(=O)c3C1)cn2C. The first kappa shape index (κ1) is 18.6. The van der Waals surface area contributed by atoms with E-state index in [0.29, 0.717) is 12.4 Å². The quantitative estimate of drug-likeness (QED) is 0.570. The molecule has 0 fully saturated rings. The minimum absolute atomic E-state index is 0.0388. The predicted octanol–water partition coefficient (Wildman–Crippen LogP) is 3.50. The van der Waals surface area contributed by atoms with Crippen LogP contribution in [0.2, 0.25) is 0 Å². The maximum absolute atomic E-state index is 12.8. The van der Waals surface area contributed by atoms with Gasteiger partial charge in [0.2, 0.25) is 0 Å². The van der Waals surface area contributed by atoms with Crippen molar-refractivity contribution in [3.8, 4) is 17.1 Å². The molecule has 3 heterocycles. The molecule has 1 N–H and O–H groups in total. The highest BCUT2D eigenvalue weighted by molar-refractivity contribution is 5.85. The molecule has 0 saturated carbocycles. The molecule has 6 heteroatoms. The van der Waals surface area contributed by atoms with Gasteiger partial charge in [0.1, 0.15) is 11.6 Å². The van der Waals surface area contributed by atoms with Crippen molar-refractivity contribution in [3.05, 3.63) is 81.9 Å². The molecular formula is C24H24N4O2. The number of aryl methyl sites for hydroxylation is 1. The second kappa shape index (κ2) is 7.46. The first-order valence-electron chi connectivity index (χ1n) is 10.1. The van der Waals surface area contributed by atoms with Crippen LogP contribution in [-0.2, 0) is 26.6 Å². The Kier molecular flexibility index (Phi) is 4.64. The fourth-order valence-electron chi connectivity index (χ4n) is 4.30. The molecule has 30 heavy (non-hydrogen) atoms. The second-order valence-electron chi connectivity index (χ2n) is 7.81. The van der Waals surface area contributed by atoms with Gasteiger partial charge in [-0.25, -0.2) is 4.98 Å². The number of aromatic nitrogens is 3. The lowest BCUT2D eigenvalue weighted by Crippen LogP contribution is -2.35. The molecule has 4 aromatic rings. The number of rotatable bonds is 4. The van der Waals surface area contributed by atoms with Gasteiger partial charge in [-0.3, -0.25) is 9.69 Å². The summed E-state index contributed by atoms with van der Waals surface area (Å²) < 4.78 is 7.55. The number of benzene rings is 2. The van der Waals surface area contributed by atoms with Gasteiger partial charge in [-0.15, -0.1) is 0 Å². The molecule has 6 nitrogen and oxygen atoms in total. The molecule has 1 aliphatic heterocycles. The van der Waals surface area contributed by atoms with Gasteiger partial charge in [0.25, 0.3) is 5.56 Å². The van der Waals surface area contributed by atoms with E-state index in [1.165, 1.54) is 16.5 Å². The van der Waals surface area contributed by atoms with E-state index < -0.39 is 0 Å². The minimum atomic E-state index is -0.0388. The highest BCUT2D eigenvalue weighted by atomic mass is 16.5. The number of nitrogens with one attached hydrogen (secondary N) is 1. The molecule has 0 amide bonds. The van der Waals surface area contributed by atoms with Gasteiger partial charge >= 0.3 is 0 Å². The van der Waals surface area contributed by atoms with Crippen LogP contribution in [0.3, 0.4) is 0 Å². The summed E-state index contributed by atoms with van der Waals surface area (Å²) in [6, 6.07) is 16.0. The summed E-state index contributed by atoms with van der Waals surface area (Å²) in [6.07, 6.45) is 2.94. The van der Waals surface area contributed by atoms with E-state index in [2.05, 4.69) is 39.8 Å². The maximum atomic E-state index is 12.8. The van der Waals surface area contributed by atoms with Crippen LogP contribution in [0.15, 0.2) is 59.5 Å². The lowest BCUT2D eigenvalue weighted by atomic mass is 10.0. The summed E-state index contributed by atoms with van der Waals surface area (Å²) >= 11 is 0. The Morgan fingerprint density at radius 3 is 2.80 bits per heavy atom. The molecule has 2 aromatic heterocycles. The van der Waals surface area contributed by atoms with Crippen molar-refractivity contribution in [2.45, 2.75) is 19.5 Å². The Balaban J connectivity index is 1.43. The third kappa shape index (κ3) is 3.29. The van der Waals surface area contributed by atoms with E-state index in [9.17, 15) is 4.79 Å². The molecule has 1 aliphatic rings. The van der Waals surface area contributed by atoms with Gasteiger partial charge < -0.3 is 14.3 Å². The molecule has 152 valence electrons. The van der Waals surface area contributed by atoms with Crippen LogP contribution in [0.4, 0.5) is 0 Å². The van der Waals surface area contributed by atoms with E-state index in [1.54, 1.807) is 7.11 Å². The van der Waals surface area contributed by atoms with Crippen molar-refractivity contribution in [1.29, 1.82) is 0 Å². The van der Waals surface area contributed by atoms with Crippen LogP contribution in [0, 0.1) is 0 Å². The molecular weight excluding hydrogens is 376 g/mol. The number of aromatic amines is 1. The molecule has 0 unspecified atom stereocenters. The summed E-state index contributed by atoms with van der Waals surface area (Å²) in [5.41, 5.74) is 5.00. The van der Waals surface area contributed by atoms with Crippen LogP contribution < -0.4 is 10.3 Å². The first-order valence-corrected chi connectivity index (χ1v) is 10.1. The van der Waals surface area contributed by atoms with Crippen molar-refractivity contribution in [3.63, 3.8) is 0 Å². The predicted molar refractivity (Wildman–Crippen MR) is 118 cm³/mol. The van der Waals surface area contributed by atoms with Crippen molar-refractivity contribution >= 4 is 10.9 Å². The number of fused-ring (bicyclic) bond motifs is 2. The van der Waals surface area contributed by atoms with Gasteiger partial charge in [0.05, 0.1) is 18.4 Å². The maximum Gasteiger partial charge on any atom is 0.255 e. The van der Waals surface area contributed by atoms with Gasteiger partial charge in [-0.05, 0) is 23.8 Å². The molecule has 0 spiro atoms. The Bertz CT molecular complexity index is 1270. The Morgan fingerprint density at radius 2 is 2.00 bits per heavy atom. The number of H-pyrrole nitrogens is 1. The van der Waals surface area contributed by atoms with E-state index in [-0.39, 0.29) is 5.56 Å². The van der Waals surface area contributed by atoms with Crippen LogP contribution in [0.1, 0.15) is 16.8 Å². The van der Waals surface area contributed by atoms with Crippen LogP contribution in [0.5, 0.6) is 5.75 Å². The van der Waals surface area contributed by atoms with Crippen LogP contribution >= 0.6 is 0 Å². The van der Waals surface area contributed by atoms with Gasteiger partial charge in [0.15, 0.2) is 0 Å². The normalized spacial score (nSPS) is 14.1. The third-order valence-electron chi connectivity index (χ3n) is 5.87. The topological polar surface area (TPSA) is 63.1 Å². The summed E-state index contributed by atoms with van der Waals surface area (Å²) in [5.74, 6) is 1.50. The van der Waals surface area contributed by atoms with Crippen molar-refractivity contribution in [2.75, 3.05) is 13.7 Å². The number of ether oxygens (including phenoxy) is 1. The van der Waals surface area contributed by atoms with Crippen molar-refractivity contribution in [2.24, 2.45) is 7.05 Å². The standard InChI is InChI=1S/C24H24N4O2/c1-27-13-17(19-12-18(30-2)8-9-22(19)27)14-28-11-10-21-20(15-28)24(29)26-23(25-21)16-6-4-3-5-7-16/h3-9,12-13H,10-11,14-15H2,1-2H3,(H,25,26,29). The molecule has 0 bridgehead atoms. The second-order valence-corrected chi connectivity index (χ2v) is 7.81. The Hall–Kier alpha value is -3.38. The minimum Gasteiger partial charge on any atom is -0.497 e. The number of nitrogens with zero attached hydrogens (tertiary/aromatic N) is 3. The van der Waals surface area contributed by atoms with Crippen LogP contribution in [0.25, 0.3) is 22.3 Å². The Labute approximate surface area is 174 Å². The van der Waals surface area contributed by atoms with E-state index >= 15 is 0 Å². The average molecular weight is 400 g/mol. The van der Waals surface area contributed by atoms with E-state index in [0.717, 1.165) is 42.1 Å². The molecule has 0 saturated heterocycles. The highest BCUT2D eigenvalue weighted by Crippen LogP contribution is 2.28. The number of hydrogen-bond donors (Lipinski definition) is 1. The first-order chi connectivity index (χ1) is 14.6. The molecule has 0 aliphatic carbocycles. The Morgan fingerprint density at radius 1 is 1.17 bits per heavy atom. The molecule has 0 radical (unpaired) electrons. The molecule has 0 atom stereocenters. The molecule has 5 rings (SSSR count). The summed E-state index contributed by atoms with van der Waals surface area (Å²) in [7, 11) is 3.75. The smallest absolute Gasteiger partial charge is 0.255 e. The van der Waals surface area contributed by atoms with E-state index in [4.69, 9.17) is 9.72 Å². The largest absolute Gasteiger partial charge is 0.497 e. The highest BCUT2D eigenvalue weighted by Gasteiger charge is 2.22. The van der Waals surface area contributed by atoms with E-state index in [1.807, 2.05) is 36.4 Å². The van der Waals surface area contributed by atoms with Gasteiger partial charge in [-0.2, -0.15) is 0 Å². The number of hydrogen-bond acceptors (Lipinski definition) is 4. The van der Waals surface area contributed by atoms with Crippen LogP contribution in [-0.4, -0.2) is 33.1 Å². The van der Waals surface area contributed by atoms with Gasteiger partial charge in [-0.1, -0.05) is 30.3 Å². The zero-order valence-electron chi connectivity index (χ0n) is 17.2. The number of methoxy groups -OCH3 is 1. The molecule has 2 aromatic carbocycles. The fourth-order valence-corrected chi connectivity index (χ4v) is 4.30. The summed E-state index contributed by atoms with van der Waals surface area (Å²) in [5, 5.41) is 1.19. The lowest BCUT2D eigenvalue weighted by molar-refractivity contribution is 0.242. The van der Waals surface area contributed by atoms with Gasteiger partial charge in [0, 0.05) is 55.8 Å². The average Bonchev–Trinajstić information content (AvgIpc) is 3.09. The summed E-state index contributed by atoms with van der Waals surface area (Å²) in [6.45, 7) is 2.26. The van der Waals surface area contributed by atoms with Crippen molar-refractivity contribution < 1.29 is 4.74 Å². The summed E-state index contributed by atoms with van der Waals surface area (Å²) in [4.78, 5) is 22.9. The van der Waals surface area contributed by atoms with Crippen molar-refractivity contribution in [1.82, 2.24) is 19.4 Å².